The Morgan fingerprint density at radius 1 is 1.56 bits per heavy atom. The summed E-state index contributed by atoms with van der Waals surface area (Å²) in [6.07, 6.45) is 0.921. The Labute approximate surface area is 96.4 Å². The van der Waals surface area contributed by atoms with Gasteiger partial charge in [-0.1, -0.05) is 25.1 Å². The Hall–Kier alpha value is -1.95. The average Bonchev–Trinajstić information content (AvgIpc) is 2.35. The number of rotatable bonds is 5. The van der Waals surface area contributed by atoms with E-state index in [1.165, 1.54) is 0 Å². The van der Waals surface area contributed by atoms with Crippen LogP contribution < -0.4 is 10.1 Å². The van der Waals surface area contributed by atoms with E-state index in [4.69, 9.17) is 10.00 Å². The first kappa shape index (κ1) is 12.1. The lowest BCUT2D eigenvalue weighted by atomic mass is 10.1. The predicted octanol–water partition coefficient (Wildman–Crippen LogP) is 2.94. The smallest absolute Gasteiger partial charge is 0.143 e. The molecular formula is C13H16N2O. The average molecular weight is 216 g/mol. The van der Waals surface area contributed by atoms with Crippen LogP contribution in [0.4, 0.5) is 5.69 Å². The summed E-state index contributed by atoms with van der Waals surface area (Å²) in [5.74, 6) is 0.683. The molecule has 0 aromatic heterocycles. The molecule has 0 saturated heterocycles. The van der Waals surface area contributed by atoms with Gasteiger partial charge in [0.15, 0.2) is 0 Å². The summed E-state index contributed by atoms with van der Waals surface area (Å²) in [7, 11) is 1.59. The van der Waals surface area contributed by atoms with Gasteiger partial charge in [-0.25, -0.2) is 0 Å². The number of nitrogens with one attached hydrogen (secondary N) is 1. The monoisotopic (exact) mass is 216 g/mol. The molecule has 3 heteroatoms. The lowest BCUT2D eigenvalue weighted by Gasteiger charge is -2.13. The van der Waals surface area contributed by atoms with Gasteiger partial charge in [-0.05, 0) is 18.6 Å². The van der Waals surface area contributed by atoms with Crippen LogP contribution in [0.1, 0.15) is 18.9 Å². The first-order chi connectivity index (χ1) is 7.72. The maximum Gasteiger partial charge on any atom is 0.143 e. The highest BCUT2D eigenvalue weighted by molar-refractivity contribution is 5.66. The third-order valence-electron chi connectivity index (χ3n) is 2.38. The van der Waals surface area contributed by atoms with E-state index in [9.17, 15) is 0 Å². The van der Waals surface area contributed by atoms with Crippen LogP contribution in [-0.4, -0.2) is 13.7 Å². The van der Waals surface area contributed by atoms with Gasteiger partial charge in [0.05, 0.1) is 18.4 Å². The molecule has 0 bridgehead atoms. The SMILES string of the molecule is C=C(CC)CNc1c(C#N)cccc1OC. The highest BCUT2D eigenvalue weighted by Crippen LogP contribution is 2.27. The van der Waals surface area contributed by atoms with Crippen molar-refractivity contribution in [2.24, 2.45) is 0 Å². The standard InChI is InChI=1S/C13H16N2O/c1-4-10(2)9-15-13-11(8-14)6-5-7-12(13)16-3/h5-7,15H,2,4,9H2,1,3H3. The van der Waals surface area contributed by atoms with Crippen molar-refractivity contribution in [3.63, 3.8) is 0 Å². The van der Waals surface area contributed by atoms with Crippen LogP contribution in [0, 0.1) is 11.3 Å². The summed E-state index contributed by atoms with van der Waals surface area (Å²) in [6.45, 7) is 6.62. The zero-order valence-electron chi connectivity index (χ0n) is 9.71. The molecule has 0 fully saturated rings. The van der Waals surface area contributed by atoms with Gasteiger partial charge in [0, 0.05) is 6.54 Å². The first-order valence-corrected chi connectivity index (χ1v) is 5.20. The second kappa shape index (κ2) is 5.82. The van der Waals surface area contributed by atoms with Crippen molar-refractivity contribution < 1.29 is 4.74 Å². The minimum Gasteiger partial charge on any atom is -0.495 e. The summed E-state index contributed by atoms with van der Waals surface area (Å²) in [5.41, 5.74) is 2.42. The summed E-state index contributed by atoms with van der Waals surface area (Å²) in [6, 6.07) is 7.54. The number of nitriles is 1. The Morgan fingerprint density at radius 2 is 2.31 bits per heavy atom. The molecule has 0 saturated carbocycles. The molecule has 16 heavy (non-hydrogen) atoms. The highest BCUT2D eigenvalue weighted by atomic mass is 16.5. The van der Waals surface area contributed by atoms with Crippen molar-refractivity contribution in [2.75, 3.05) is 19.0 Å². The highest BCUT2D eigenvalue weighted by Gasteiger charge is 2.07. The van der Waals surface area contributed by atoms with Crippen LogP contribution in [-0.2, 0) is 0 Å². The van der Waals surface area contributed by atoms with E-state index in [1.807, 2.05) is 6.07 Å². The molecule has 84 valence electrons. The number of nitrogens with zero attached hydrogens (tertiary/aromatic N) is 1. The fraction of sp³-hybridized carbons (Fsp3) is 0.308. The van der Waals surface area contributed by atoms with E-state index in [0.29, 0.717) is 17.9 Å². The van der Waals surface area contributed by atoms with Crippen LogP contribution >= 0.6 is 0 Å². The second-order valence-corrected chi connectivity index (χ2v) is 3.45. The lowest BCUT2D eigenvalue weighted by molar-refractivity contribution is 0.416. The molecule has 0 atom stereocenters. The molecule has 1 aromatic carbocycles. The zero-order chi connectivity index (χ0) is 12.0. The molecule has 0 amide bonds. The van der Waals surface area contributed by atoms with Crippen molar-refractivity contribution in [3.8, 4) is 11.8 Å². The van der Waals surface area contributed by atoms with Gasteiger partial charge in [-0.3, -0.25) is 0 Å². The van der Waals surface area contributed by atoms with Crippen molar-refractivity contribution >= 4 is 5.69 Å². The van der Waals surface area contributed by atoms with Crippen molar-refractivity contribution in [1.29, 1.82) is 5.26 Å². The minimum absolute atomic E-state index is 0.586. The van der Waals surface area contributed by atoms with Crippen LogP contribution in [0.25, 0.3) is 0 Å². The number of benzene rings is 1. The van der Waals surface area contributed by atoms with Crippen molar-refractivity contribution in [1.82, 2.24) is 0 Å². The Kier molecular flexibility index (Phi) is 4.41. The third kappa shape index (κ3) is 2.77. The Bertz CT molecular complexity index is 418. The van der Waals surface area contributed by atoms with E-state index >= 15 is 0 Å². The van der Waals surface area contributed by atoms with Crippen LogP contribution in [0.3, 0.4) is 0 Å². The van der Waals surface area contributed by atoms with Gasteiger partial charge in [-0.2, -0.15) is 5.26 Å². The molecular weight excluding hydrogens is 200 g/mol. The fourth-order valence-electron chi connectivity index (χ4n) is 1.32. The summed E-state index contributed by atoms with van der Waals surface area (Å²) in [5, 5.41) is 12.2. The molecule has 0 aliphatic heterocycles. The summed E-state index contributed by atoms with van der Waals surface area (Å²) in [4.78, 5) is 0. The second-order valence-electron chi connectivity index (χ2n) is 3.45. The van der Waals surface area contributed by atoms with Gasteiger partial charge in [-0.15, -0.1) is 0 Å². The Balaban J connectivity index is 2.92. The van der Waals surface area contributed by atoms with Gasteiger partial charge in [0.2, 0.25) is 0 Å². The summed E-state index contributed by atoms with van der Waals surface area (Å²) >= 11 is 0. The summed E-state index contributed by atoms with van der Waals surface area (Å²) < 4.78 is 5.21. The molecule has 0 spiro atoms. The quantitative estimate of drug-likeness (QED) is 0.770. The molecule has 1 aromatic rings. The zero-order valence-corrected chi connectivity index (χ0v) is 9.71. The van der Waals surface area contributed by atoms with E-state index < -0.39 is 0 Å². The van der Waals surface area contributed by atoms with Crippen LogP contribution in [0.5, 0.6) is 5.75 Å². The van der Waals surface area contributed by atoms with Gasteiger partial charge in [0.25, 0.3) is 0 Å². The molecule has 3 nitrogen and oxygen atoms in total. The number of para-hydroxylation sites is 1. The maximum absolute atomic E-state index is 8.99. The van der Waals surface area contributed by atoms with Gasteiger partial charge in [0.1, 0.15) is 11.8 Å². The minimum atomic E-state index is 0.586. The molecule has 0 aliphatic rings. The first-order valence-electron chi connectivity index (χ1n) is 5.20. The fourth-order valence-corrected chi connectivity index (χ4v) is 1.32. The third-order valence-corrected chi connectivity index (χ3v) is 2.38. The number of anilines is 1. The number of hydrogen-bond donors (Lipinski definition) is 1. The molecule has 0 aliphatic carbocycles. The van der Waals surface area contributed by atoms with Crippen molar-refractivity contribution in [3.05, 3.63) is 35.9 Å². The normalized spacial score (nSPS) is 9.31. The largest absolute Gasteiger partial charge is 0.495 e. The lowest BCUT2D eigenvalue weighted by Crippen LogP contribution is -2.06. The molecule has 0 unspecified atom stereocenters. The van der Waals surface area contributed by atoms with E-state index in [-0.39, 0.29) is 0 Å². The van der Waals surface area contributed by atoms with E-state index in [2.05, 4.69) is 24.9 Å². The molecule has 0 radical (unpaired) electrons. The van der Waals surface area contributed by atoms with E-state index in [0.717, 1.165) is 17.7 Å². The Morgan fingerprint density at radius 3 is 2.88 bits per heavy atom. The van der Waals surface area contributed by atoms with Gasteiger partial charge >= 0.3 is 0 Å². The maximum atomic E-state index is 8.99. The number of ether oxygens (including phenoxy) is 1. The molecule has 1 N–H and O–H groups in total. The molecule has 1 rings (SSSR count). The molecule has 0 heterocycles. The number of hydrogen-bond acceptors (Lipinski definition) is 3. The van der Waals surface area contributed by atoms with Crippen LogP contribution in [0.2, 0.25) is 0 Å². The van der Waals surface area contributed by atoms with Crippen LogP contribution in [0.15, 0.2) is 30.4 Å². The topological polar surface area (TPSA) is 45.0 Å². The van der Waals surface area contributed by atoms with Gasteiger partial charge < -0.3 is 10.1 Å². The predicted molar refractivity (Wildman–Crippen MR) is 65.6 cm³/mol. The van der Waals surface area contributed by atoms with E-state index in [1.54, 1.807) is 19.2 Å². The van der Waals surface area contributed by atoms with Crippen molar-refractivity contribution in [2.45, 2.75) is 13.3 Å². The number of methoxy groups -OCH3 is 1.